The second kappa shape index (κ2) is 10.1. The molecule has 2 heterocycles. The third-order valence-electron chi connectivity index (χ3n) is 5.48. The van der Waals surface area contributed by atoms with Crippen molar-refractivity contribution in [2.24, 2.45) is 0 Å². The fourth-order valence-corrected chi connectivity index (χ4v) is 3.78. The van der Waals surface area contributed by atoms with Crippen molar-refractivity contribution < 1.29 is 19.8 Å². The van der Waals surface area contributed by atoms with Gasteiger partial charge < -0.3 is 15.5 Å². The highest BCUT2D eigenvalue weighted by Crippen LogP contribution is 2.29. The number of rotatable bonds is 8. The van der Waals surface area contributed by atoms with E-state index in [4.69, 9.17) is 0 Å². The number of pyridine rings is 1. The van der Waals surface area contributed by atoms with Gasteiger partial charge in [0.1, 0.15) is 18.4 Å². The second-order valence-electron chi connectivity index (χ2n) is 7.92. The first kappa shape index (κ1) is 23.6. The minimum Gasteiger partial charge on any atom is -0.480 e. The van der Waals surface area contributed by atoms with Crippen LogP contribution in [0.1, 0.15) is 28.4 Å². The van der Waals surface area contributed by atoms with Crippen LogP contribution < -0.4 is 10.6 Å². The van der Waals surface area contributed by atoms with Gasteiger partial charge in [0.15, 0.2) is 5.65 Å². The van der Waals surface area contributed by atoms with E-state index in [0.29, 0.717) is 28.0 Å². The SMILES string of the molecule is C[C@H](O)[C@@H](NCc1cc(C(=O)Nc2cccc(-c3ccccc3)c2C#N)c2nncn2c1)C(=O)O. The van der Waals surface area contributed by atoms with Crippen molar-refractivity contribution in [3.63, 3.8) is 0 Å². The Hall–Kier alpha value is -4.59. The monoisotopic (exact) mass is 470 g/mol. The van der Waals surface area contributed by atoms with Gasteiger partial charge in [0.2, 0.25) is 0 Å². The van der Waals surface area contributed by atoms with E-state index in [-0.39, 0.29) is 12.1 Å². The summed E-state index contributed by atoms with van der Waals surface area (Å²) in [5.41, 5.74) is 3.28. The predicted octanol–water partition coefficient (Wildman–Crippen LogP) is 2.44. The Morgan fingerprint density at radius 3 is 2.63 bits per heavy atom. The van der Waals surface area contributed by atoms with Gasteiger partial charge in [-0.15, -0.1) is 10.2 Å². The number of hydrogen-bond donors (Lipinski definition) is 4. The lowest BCUT2D eigenvalue weighted by Gasteiger charge is -2.17. The molecule has 2 atom stereocenters. The number of carbonyl (C=O) groups excluding carboxylic acids is 1. The first-order valence-corrected chi connectivity index (χ1v) is 10.8. The molecule has 176 valence electrons. The molecule has 0 unspecified atom stereocenters. The summed E-state index contributed by atoms with van der Waals surface area (Å²) in [4.78, 5) is 24.7. The number of aliphatic hydroxyl groups excluding tert-OH is 1. The maximum Gasteiger partial charge on any atom is 0.323 e. The van der Waals surface area contributed by atoms with Gasteiger partial charge in [-0.3, -0.25) is 19.3 Å². The summed E-state index contributed by atoms with van der Waals surface area (Å²) in [5, 5.41) is 42.3. The Balaban J connectivity index is 1.65. The Labute approximate surface area is 200 Å². The molecular weight excluding hydrogens is 448 g/mol. The van der Waals surface area contributed by atoms with Gasteiger partial charge in [-0.1, -0.05) is 42.5 Å². The first-order valence-electron chi connectivity index (χ1n) is 10.8. The molecule has 4 N–H and O–H groups in total. The van der Waals surface area contributed by atoms with Gasteiger partial charge in [-0.05, 0) is 30.2 Å². The van der Waals surface area contributed by atoms with Crippen molar-refractivity contribution >= 4 is 23.2 Å². The number of nitrogens with zero attached hydrogens (tertiary/aromatic N) is 4. The maximum absolute atomic E-state index is 13.3. The molecule has 2 aromatic heterocycles. The van der Waals surface area contributed by atoms with Gasteiger partial charge in [-0.25, -0.2) is 0 Å². The molecule has 0 spiro atoms. The Morgan fingerprint density at radius 2 is 1.94 bits per heavy atom. The van der Waals surface area contributed by atoms with Gasteiger partial charge in [0.25, 0.3) is 5.91 Å². The molecule has 0 aliphatic heterocycles. The maximum atomic E-state index is 13.3. The highest BCUT2D eigenvalue weighted by atomic mass is 16.4. The lowest BCUT2D eigenvalue weighted by molar-refractivity contribution is -0.142. The lowest BCUT2D eigenvalue weighted by Crippen LogP contribution is -2.44. The van der Waals surface area contributed by atoms with Crippen molar-refractivity contribution in [2.45, 2.75) is 25.6 Å². The number of hydrogen-bond acceptors (Lipinski definition) is 7. The van der Waals surface area contributed by atoms with E-state index < -0.39 is 24.0 Å². The van der Waals surface area contributed by atoms with Crippen molar-refractivity contribution in [3.8, 4) is 17.2 Å². The molecular formula is C25H22N6O4. The van der Waals surface area contributed by atoms with Crippen LogP contribution in [0.5, 0.6) is 0 Å². The zero-order valence-electron chi connectivity index (χ0n) is 18.7. The van der Waals surface area contributed by atoms with Crippen LogP contribution >= 0.6 is 0 Å². The summed E-state index contributed by atoms with van der Waals surface area (Å²) in [6.45, 7) is 1.45. The van der Waals surface area contributed by atoms with Gasteiger partial charge in [-0.2, -0.15) is 5.26 Å². The highest BCUT2D eigenvalue weighted by molar-refractivity contribution is 6.09. The van der Waals surface area contributed by atoms with Crippen LogP contribution in [0.2, 0.25) is 0 Å². The summed E-state index contributed by atoms with van der Waals surface area (Å²) in [6, 6.07) is 17.2. The van der Waals surface area contributed by atoms with Gasteiger partial charge >= 0.3 is 5.97 Å². The summed E-state index contributed by atoms with van der Waals surface area (Å²) in [7, 11) is 0. The van der Waals surface area contributed by atoms with Crippen LogP contribution in [0.15, 0.2) is 67.1 Å². The number of anilines is 1. The Kier molecular flexibility index (Phi) is 6.82. The van der Waals surface area contributed by atoms with E-state index in [1.165, 1.54) is 13.3 Å². The number of nitriles is 1. The number of aromatic nitrogens is 3. The average Bonchev–Trinajstić information content (AvgIpc) is 3.32. The molecule has 0 aliphatic carbocycles. The smallest absolute Gasteiger partial charge is 0.323 e. The van der Waals surface area contributed by atoms with E-state index >= 15 is 0 Å². The molecule has 0 fully saturated rings. The highest BCUT2D eigenvalue weighted by Gasteiger charge is 2.23. The van der Waals surface area contributed by atoms with Crippen LogP contribution in [0.3, 0.4) is 0 Å². The molecule has 4 rings (SSSR count). The number of fused-ring (bicyclic) bond motifs is 1. The van der Waals surface area contributed by atoms with Crippen molar-refractivity contribution in [2.75, 3.05) is 5.32 Å². The Morgan fingerprint density at radius 1 is 1.17 bits per heavy atom. The van der Waals surface area contributed by atoms with Crippen LogP contribution in [0.4, 0.5) is 5.69 Å². The topological polar surface area (TPSA) is 153 Å². The predicted molar refractivity (Wildman–Crippen MR) is 127 cm³/mol. The van der Waals surface area contributed by atoms with Crippen molar-refractivity contribution in [1.82, 2.24) is 19.9 Å². The van der Waals surface area contributed by atoms with Crippen molar-refractivity contribution in [3.05, 3.63) is 83.8 Å². The molecule has 0 saturated carbocycles. The molecule has 35 heavy (non-hydrogen) atoms. The number of carbonyl (C=O) groups is 2. The van der Waals surface area contributed by atoms with E-state index in [0.717, 1.165) is 5.56 Å². The number of aliphatic hydroxyl groups is 1. The molecule has 1 amide bonds. The fraction of sp³-hybridized carbons (Fsp3) is 0.160. The molecule has 0 radical (unpaired) electrons. The third-order valence-corrected chi connectivity index (χ3v) is 5.48. The minimum atomic E-state index is -1.19. The number of carboxylic acids is 1. The summed E-state index contributed by atoms with van der Waals surface area (Å²) >= 11 is 0. The van der Waals surface area contributed by atoms with Crippen LogP contribution in [-0.2, 0) is 11.3 Å². The second-order valence-corrected chi connectivity index (χ2v) is 7.92. The number of benzene rings is 2. The molecule has 10 heteroatoms. The molecule has 2 aromatic carbocycles. The zero-order valence-corrected chi connectivity index (χ0v) is 18.7. The number of carboxylic acid groups (broad SMARTS) is 1. The van der Waals surface area contributed by atoms with E-state index in [2.05, 4.69) is 26.9 Å². The number of aliphatic carboxylic acids is 1. The van der Waals surface area contributed by atoms with E-state index in [1.54, 1.807) is 28.8 Å². The summed E-state index contributed by atoms with van der Waals surface area (Å²) in [5.74, 6) is -1.69. The van der Waals surface area contributed by atoms with Gasteiger partial charge in [0.05, 0.1) is 22.9 Å². The molecule has 0 aliphatic rings. The Bertz CT molecular complexity index is 1430. The van der Waals surface area contributed by atoms with Gasteiger partial charge in [0, 0.05) is 18.3 Å². The molecule has 0 bridgehead atoms. The molecule has 10 nitrogen and oxygen atoms in total. The van der Waals surface area contributed by atoms with E-state index in [9.17, 15) is 25.1 Å². The summed E-state index contributed by atoms with van der Waals surface area (Å²) in [6.07, 6.45) is 1.97. The van der Waals surface area contributed by atoms with Crippen LogP contribution in [0, 0.1) is 11.3 Å². The normalized spacial score (nSPS) is 12.6. The van der Waals surface area contributed by atoms with Crippen LogP contribution in [0.25, 0.3) is 16.8 Å². The number of nitrogens with one attached hydrogen (secondary N) is 2. The fourth-order valence-electron chi connectivity index (χ4n) is 3.78. The van der Waals surface area contributed by atoms with Crippen molar-refractivity contribution in [1.29, 1.82) is 5.26 Å². The first-order chi connectivity index (χ1) is 16.9. The molecule has 0 saturated heterocycles. The standard InChI is InChI=1S/C25H22N6O4/c1-15(32)22(25(34)35)27-12-16-10-19(23-30-28-14-31(23)13-16)24(33)29-21-9-5-8-18(20(21)11-26)17-6-3-2-4-7-17/h2-10,13-15,22,27,32H,12H2,1H3,(H,29,33)(H,34,35)/t15-,22+/m0/s1. The summed E-state index contributed by atoms with van der Waals surface area (Å²) < 4.78 is 1.55. The largest absolute Gasteiger partial charge is 0.480 e. The average molecular weight is 470 g/mol. The third kappa shape index (κ3) is 5.01. The zero-order chi connectivity index (χ0) is 24.9. The molecule has 4 aromatic rings. The number of amides is 1. The lowest BCUT2D eigenvalue weighted by atomic mass is 9.99. The van der Waals surface area contributed by atoms with E-state index in [1.807, 2.05) is 36.4 Å². The quantitative estimate of drug-likeness (QED) is 0.306. The van der Waals surface area contributed by atoms with Crippen LogP contribution in [-0.4, -0.2) is 48.8 Å². The minimum absolute atomic E-state index is 0.0726.